The van der Waals surface area contributed by atoms with Gasteiger partial charge in [0.25, 0.3) is 0 Å². The van der Waals surface area contributed by atoms with Gasteiger partial charge in [0.05, 0.1) is 0 Å². The lowest BCUT2D eigenvalue weighted by Gasteiger charge is -2.17. The van der Waals surface area contributed by atoms with Gasteiger partial charge < -0.3 is 9.73 Å². The Hall–Kier alpha value is -0.850. The number of hydrogen-bond donors (Lipinski definition) is 1. The van der Waals surface area contributed by atoms with Crippen molar-refractivity contribution in [1.29, 1.82) is 0 Å². The Labute approximate surface area is 127 Å². The molecule has 2 rings (SSSR count). The number of furan rings is 1. The summed E-state index contributed by atoms with van der Waals surface area (Å²) in [6, 6.07) is 0. The normalized spacial score (nSPS) is 20.3. The Bertz CT molecular complexity index is 592. The Morgan fingerprint density at radius 2 is 2.00 bits per heavy atom. The van der Waals surface area contributed by atoms with E-state index in [1.807, 2.05) is 13.8 Å². The van der Waals surface area contributed by atoms with Crippen LogP contribution in [-0.2, 0) is 16.6 Å². The molecule has 1 atom stereocenters. The number of sulfonamides is 1. The van der Waals surface area contributed by atoms with Gasteiger partial charge in [0, 0.05) is 25.2 Å². The van der Waals surface area contributed by atoms with Gasteiger partial charge in [-0.1, -0.05) is 20.3 Å². The fraction of sp³-hybridized carbons (Fsp3) is 0.733. The van der Waals surface area contributed by atoms with Gasteiger partial charge in [-0.15, -0.1) is 0 Å². The van der Waals surface area contributed by atoms with Crippen LogP contribution >= 0.6 is 0 Å². The molecule has 21 heavy (non-hydrogen) atoms. The largest absolute Gasteiger partial charge is 0.465 e. The summed E-state index contributed by atoms with van der Waals surface area (Å²) in [5, 5.41) is 3.20. The van der Waals surface area contributed by atoms with E-state index >= 15 is 0 Å². The molecule has 0 radical (unpaired) electrons. The lowest BCUT2D eigenvalue weighted by Crippen LogP contribution is -2.30. The van der Waals surface area contributed by atoms with Gasteiger partial charge >= 0.3 is 0 Å². The van der Waals surface area contributed by atoms with Crippen LogP contribution in [0.25, 0.3) is 0 Å². The molecule has 120 valence electrons. The predicted molar refractivity (Wildman–Crippen MR) is 82.7 cm³/mol. The summed E-state index contributed by atoms with van der Waals surface area (Å²) in [5.74, 6) is 1.67. The molecule has 0 aliphatic carbocycles. The summed E-state index contributed by atoms with van der Waals surface area (Å²) in [6.07, 6.45) is 1.98. The molecule has 1 aromatic rings. The third-order valence-electron chi connectivity index (χ3n) is 4.30. The lowest BCUT2D eigenvalue weighted by molar-refractivity contribution is 0.448. The number of nitrogens with one attached hydrogen (secondary N) is 1. The maximum atomic E-state index is 13.0. The van der Waals surface area contributed by atoms with Crippen LogP contribution in [0.2, 0.25) is 0 Å². The highest BCUT2D eigenvalue weighted by Crippen LogP contribution is 2.32. The van der Waals surface area contributed by atoms with E-state index in [1.165, 1.54) is 0 Å². The fourth-order valence-corrected chi connectivity index (χ4v) is 4.92. The maximum absolute atomic E-state index is 13.0. The average Bonchev–Trinajstić information content (AvgIpc) is 3.01. The van der Waals surface area contributed by atoms with E-state index in [9.17, 15) is 8.42 Å². The maximum Gasteiger partial charge on any atom is 0.246 e. The van der Waals surface area contributed by atoms with Crippen molar-refractivity contribution in [3.63, 3.8) is 0 Å². The molecular formula is C15H26N2O3S. The molecule has 0 spiro atoms. The topological polar surface area (TPSA) is 62.6 Å². The summed E-state index contributed by atoms with van der Waals surface area (Å²) >= 11 is 0. The van der Waals surface area contributed by atoms with Crippen molar-refractivity contribution in [1.82, 2.24) is 9.62 Å². The minimum atomic E-state index is -3.45. The minimum absolute atomic E-state index is 0.373. The van der Waals surface area contributed by atoms with E-state index in [0.29, 0.717) is 42.0 Å². The summed E-state index contributed by atoms with van der Waals surface area (Å²) < 4.78 is 33.1. The molecule has 1 N–H and O–H groups in total. The second kappa shape index (κ2) is 6.50. The zero-order valence-electron chi connectivity index (χ0n) is 13.4. The SMILES string of the molecule is CCNCc1c(C)oc(C)c1S(=O)(=O)N1CCC(CC)C1. The first kappa shape index (κ1) is 16.5. The highest BCUT2D eigenvalue weighted by molar-refractivity contribution is 7.89. The van der Waals surface area contributed by atoms with Crippen LogP contribution in [0.5, 0.6) is 0 Å². The zero-order valence-corrected chi connectivity index (χ0v) is 14.2. The summed E-state index contributed by atoms with van der Waals surface area (Å²) in [7, 11) is -3.45. The van der Waals surface area contributed by atoms with Gasteiger partial charge in [0.1, 0.15) is 16.4 Å². The molecule has 1 aliphatic rings. The highest BCUT2D eigenvalue weighted by atomic mass is 32.2. The minimum Gasteiger partial charge on any atom is -0.465 e. The summed E-state index contributed by atoms with van der Waals surface area (Å²) in [5.41, 5.74) is 0.772. The monoisotopic (exact) mass is 314 g/mol. The van der Waals surface area contributed by atoms with Gasteiger partial charge in [-0.05, 0) is 32.7 Å². The number of rotatable bonds is 6. The van der Waals surface area contributed by atoms with Crippen molar-refractivity contribution in [3.8, 4) is 0 Å². The van der Waals surface area contributed by atoms with Crippen LogP contribution < -0.4 is 5.32 Å². The number of nitrogens with zero attached hydrogens (tertiary/aromatic N) is 1. The average molecular weight is 314 g/mol. The first-order valence-corrected chi connectivity index (χ1v) is 9.15. The van der Waals surface area contributed by atoms with Gasteiger partial charge in [0.15, 0.2) is 0 Å². The van der Waals surface area contributed by atoms with Crippen LogP contribution in [0.15, 0.2) is 9.31 Å². The van der Waals surface area contributed by atoms with Crippen molar-refractivity contribution >= 4 is 10.0 Å². The van der Waals surface area contributed by atoms with Crippen LogP contribution in [0.4, 0.5) is 0 Å². The predicted octanol–water partition coefficient (Wildman–Crippen LogP) is 2.43. The molecule has 0 bridgehead atoms. The zero-order chi connectivity index (χ0) is 15.6. The number of hydrogen-bond acceptors (Lipinski definition) is 4. The van der Waals surface area contributed by atoms with E-state index in [4.69, 9.17) is 4.42 Å². The molecule has 0 amide bonds. The molecule has 5 nitrogen and oxygen atoms in total. The molecule has 2 heterocycles. The standard InChI is InChI=1S/C15H26N2O3S/c1-5-13-7-8-17(10-13)21(18,19)15-12(4)20-11(3)14(15)9-16-6-2/h13,16H,5-10H2,1-4H3. The van der Waals surface area contributed by atoms with Gasteiger partial charge in [-0.3, -0.25) is 0 Å². The Balaban J connectivity index is 2.36. The summed E-state index contributed by atoms with van der Waals surface area (Å²) in [4.78, 5) is 0.373. The molecule has 6 heteroatoms. The molecule has 1 saturated heterocycles. The smallest absolute Gasteiger partial charge is 0.246 e. The Morgan fingerprint density at radius 1 is 1.29 bits per heavy atom. The quantitative estimate of drug-likeness (QED) is 0.876. The Morgan fingerprint density at radius 3 is 2.57 bits per heavy atom. The van der Waals surface area contributed by atoms with Crippen molar-refractivity contribution in [2.75, 3.05) is 19.6 Å². The molecule has 1 fully saturated rings. The van der Waals surface area contributed by atoms with Crippen molar-refractivity contribution < 1.29 is 12.8 Å². The van der Waals surface area contributed by atoms with E-state index < -0.39 is 10.0 Å². The molecule has 1 unspecified atom stereocenters. The van der Waals surface area contributed by atoms with E-state index in [-0.39, 0.29) is 0 Å². The van der Waals surface area contributed by atoms with Crippen molar-refractivity contribution in [2.45, 2.75) is 52.0 Å². The molecule has 1 aromatic heterocycles. The first-order chi connectivity index (χ1) is 9.91. The third kappa shape index (κ3) is 3.17. The molecule has 0 saturated carbocycles. The molecule has 1 aliphatic heterocycles. The fourth-order valence-electron chi connectivity index (χ4n) is 2.98. The van der Waals surface area contributed by atoms with Crippen molar-refractivity contribution in [2.24, 2.45) is 5.92 Å². The summed E-state index contributed by atoms with van der Waals surface area (Å²) in [6.45, 7) is 10.3. The van der Waals surface area contributed by atoms with Gasteiger partial charge in [-0.2, -0.15) is 4.31 Å². The highest BCUT2D eigenvalue weighted by Gasteiger charge is 2.36. The lowest BCUT2D eigenvalue weighted by atomic mass is 10.1. The molecule has 0 aromatic carbocycles. The van der Waals surface area contributed by atoms with Gasteiger partial charge in [-0.25, -0.2) is 8.42 Å². The van der Waals surface area contributed by atoms with Crippen molar-refractivity contribution in [3.05, 3.63) is 17.1 Å². The van der Waals surface area contributed by atoms with Crippen LogP contribution in [0, 0.1) is 19.8 Å². The van der Waals surface area contributed by atoms with Crippen LogP contribution in [-0.4, -0.2) is 32.4 Å². The van der Waals surface area contributed by atoms with E-state index in [0.717, 1.165) is 24.9 Å². The Kier molecular flexibility index (Phi) is 5.11. The number of aryl methyl sites for hydroxylation is 2. The first-order valence-electron chi connectivity index (χ1n) is 7.71. The third-order valence-corrected chi connectivity index (χ3v) is 6.36. The van der Waals surface area contributed by atoms with Crippen LogP contribution in [0.3, 0.4) is 0 Å². The second-order valence-electron chi connectivity index (χ2n) is 5.73. The van der Waals surface area contributed by atoms with Gasteiger partial charge in [0.2, 0.25) is 10.0 Å². The second-order valence-corrected chi connectivity index (χ2v) is 7.60. The van der Waals surface area contributed by atoms with E-state index in [1.54, 1.807) is 11.2 Å². The van der Waals surface area contributed by atoms with E-state index in [2.05, 4.69) is 12.2 Å². The molecular weight excluding hydrogens is 288 g/mol. The van der Waals surface area contributed by atoms with Crippen LogP contribution in [0.1, 0.15) is 43.8 Å².